The van der Waals surface area contributed by atoms with Gasteiger partial charge in [-0.15, -0.1) is 0 Å². The highest BCUT2D eigenvalue weighted by molar-refractivity contribution is 5.57. The fourth-order valence-electron chi connectivity index (χ4n) is 3.31. The molecule has 1 N–H and O–H groups in total. The Kier molecular flexibility index (Phi) is 5.28. The van der Waals surface area contributed by atoms with Crippen LogP contribution in [0.2, 0.25) is 0 Å². The molecule has 144 valence electrons. The first-order valence-corrected chi connectivity index (χ1v) is 9.52. The molecule has 0 bridgehead atoms. The fourth-order valence-corrected chi connectivity index (χ4v) is 3.31. The lowest BCUT2D eigenvalue weighted by Gasteiger charge is -2.36. The van der Waals surface area contributed by atoms with Gasteiger partial charge in [-0.2, -0.15) is 4.98 Å². The SMILES string of the molecule is COc1ccc(N2CCN(c3nccc(Nc4ccc(C)cc4)n3)CC2)cc1. The monoisotopic (exact) mass is 375 g/mol. The van der Waals surface area contributed by atoms with Crippen molar-refractivity contribution in [2.45, 2.75) is 6.92 Å². The Balaban J connectivity index is 1.39. The van der Waals surface area contributed by atoms with Crippen molar-refractivity contribution in [2.75, 3.05) is 48.4 Å². The maximum Gasteiger partial charge on any atom is 0.227 e. The van der Waals surface area contributed by atoms with E-state index in [0.29, 0.717) is 0 Å². The van der Waals surface area contributed by atoms with Gasteiger partial charge in [0.05, 0.1) is 7.11 Å². The largest absolute Gasteiger partial charge is 0.497 e. The quantitative estimate of drug-likeness (QED) is 0.731. The normalized spacial score (nSPS) is 14.1. The van der Waals surface area contributed by atoms with E-state index in [-0.39, 0.29) is 0 Å². The van der Waals surface area contributed by atoms with Crippen LogP contribution in [0.15, 0.2) is 60.8 Å². The highest BCUT2D eigenvalue weighted by Gasteiger charge is 2.19. The van der Waals surface area contributed by atoms with Gasteiger partial charge in [0.15, 0.2) is 0 Å². The van der Waals surface area contributed by atoms with Gasteiger partial charge in [0.25, 0.3) is 0 Å². The minimum atomic E-state index is 0.770. The van der Waals surface area contributed by atoms with Gasteiger partial charge < -0.3 is 19.9 Å². The third-order valence-corrected chi connectivity index (χ3v) is 4.97. The molecule has 1 aliphatic heterocycles. The van der Waals surface area contributed by atoms with Crippen LogP contribution in [-0.4, -0.2) is 43.3 Å². The Morgan fingerprint density at radius 1 is 0.857 bits per heavy atom. The van der Waals surface area contributed by atoms with Crippen LogP contribution in [0.5, 0.6) is 5.75 Å². The molecule has 0 spiro atoms. The van der Waals surface area contributed by atoms with E-state index < -0.39 is 0 Å². The number of aryl methyl sites for hydroxylation is 1. The summed E-state index contributed by atoms with van der Waals surface area (Å²) in [6.07, 6.45) is 1.81. The van der Waals surface area contributed by atoms with Crippen molar-refractivity contribution < 1.29 is 4.74 Å². The number of ether oxygens (including phenoxy) is 1. The van der Waals surface area contributed by atoms with E-state index in [4.69, 9.17) is 9.72 Å². The van der Waals surface area contributed by atoms with Gasteiger partial charge >= 0.3 is 0 Å². The number of aromatic nitrogens is 2. The Morgan fingerprint density at radius 3 is 2.21 bits per heavy atom. The van der Waals surface area contributed by atoms with Crippen molar-refractivity contribution in [3.8, 4) is 5.75 Å². The first-order valence-electron chi connectivity index (χ1n) is 9.52. The molecule has 0 unspecified atom stereocenters. The Morgan fingerprint density at radius 2 is 1.54 bits per heavy atom. The Bertz CT molecular complexity index is 903. The molecule has 3 aromatic rings. The molecule has 6 nitrogen and oxygen atoms in total. The van der Waals surface area contributed by atoms with Crippen LogP contribution in [-0.2, 0) is 0 Å². The average Bonchev–Trinajstić information content (AvgIpc) is 2.76. The van der Waals surface area contributed by atoms with Crippen LogP contribution in [0.3, 0.4) is 0 Å². The fraction of sp³-hybridized carbons (Fsp3) is 0.273. The standard InChI is InChI=1S/C22H25N5O/c1-17-3-5-18(6-4-17)24-21-11-12-23-22(25-21)27-15-13-26(14-16-27)19-7-9-20(28-2)10-8-19/h3-12H,13-16H2,1-2H3,(H,23,24,25). The summed E-state index contributed by atoms with van der Waals surface area (Å²) < 4.78 is 5.24. The highest BCUT2D eigenvalue weighted by atomic mass is 16.5. The first kappa shape index (κ1) is 18.1. The Labute approximate surface area is 165 Å². The number of anilines is 4. The molecule has 0 aliphatic carbocycles. The number of hydrogen-bond donors (Lipinski definition) is 1. The molecule has 4 rings (SSSR count). The molecule has 1 aromatic heterocycles. The number of rotatable bonds is 5. The number of piperazine rings is 1. The third-order valence-electron chi connectivity index (χ3n) is 4.97. The van der Waals surface area contributed by atoms with Gasteiger partial charge in [-0.3, -0.25) is 0 Å². The van der Waals surface area contributed by atoms with Gasteiger partial charge in [0.1, 0.15) is 11.6 Å². The zero-order chi connectivity index (χ0) is 19.3. The van der Waals surface area contributed by atoms with Crippen LogP contribution in [0.4, 0.5) is 23.1 Å². The van der Waals surface area contributed by atoms with Gasteiger partial charge in [0, 0.05) is 43.8 Å². The second kappa shape index (κ2) is 8.17. The lowest BCUT2D eigenvalue weighted by atomic mass is 10.2. The summed E-state index contributed by atoms with van der Waals surface area (Å²) in [5.41, 5.74) is 3.49. The number of benzene rings is 2. The summed E-state index contributed by atoms with van der Waals surface area (Å²) in [6.45, 7) is 5.73. The van der Waals surface area contributed by atoms with E-state index in [0.717, 1.165) is 49.4 Å². The molecular weight excluding hydrogens is 350 g/mol. The summed E-state index contributed by atoms with van der Waals surface area (Å²) in [7, 11) is 1.69. The lowest BCUT2D eigenvalue weighted by molar-refractivity contribution is 0.415. The van der Waals surface area contributed by atoms with E-state index in [1.807, 2.05) is 24.4 Å². The predicted octanol–water partition coefficient (Wildman–Crippen LogP) is 3.86. The van der Waals surface area contributed by atoms with Crippen LogP contribution in [0.25, 0.3) is 0 Å². The lowest BCUT2D eigenvalue weighted by Crippen LogP contribution is -2.47. The predicted molar refractivity (Wildman–Crippen MR) is 114 cm³/mol. The molecule has 1 saturated heterocycles. The topological polar surface area (TPSA) is 53.5 Å². The molecule has 2 aromatic carbocycles. The molecule has 0 amide bonds. The van der Waals surface area contributed by atoms with Gasteiger partial charge in [-0.1, -0.05) is 17.7 Å². The van der Waals surface area contributed by atoms with Gasteiger partial charge in [0.2, 0.25) is 5.95 Å². The van der Waals surface area contributed by atoms with E-state index in [1.54, 1.807) is 7.11 Å². The number of hydrogen-bond acceptors (Lipinski definition) is 6. The van der Waals surface area contributed by atoms with Crippen LogP contribution in [0.1, 0.15) is 5.56 Å². The molecule has 28 heavy (non-hydrogen) atoms. The highest BCUT2D eigenvalue weighted by Crippen LogP contribution is 2.22. The minimum absolute atomic E-state index is 0.770. The second-order valence-electron chi connectivity index (χ2n) is 6.91. The van der Waals surface area contributed by atoms with Crippen molar-refractivity contribution >= 4 is 23.1 Å². The second-order valence-corrected chi connectivity index (χ2v) is 6.91. The van der Waals surface area contributed by atoms with Crippen molar-refractivity contribution in [3.05, 3.63) is 66.4 Å². The maximum atomic E-state index is 5.24. The van der Waals surface area contributed by atoms with E-state index in [2.05, 4.69) is 63.4 Å². The minimum Gasteiger partial charge on any atom is -0.497 e. The first-order chi connectivity index (χ1) is 13.7. The molecule has 1 aliphatic rings. The van der Waals surface area contributed by atoms with Crippen LogP contribution < -0.4 is 19.9 Å². The van der Waals surface area contributed by atoms with Gasteiger partial charge in [-0.25, -0.2) is 4.98 Å². The third kappa shape index (κ3) is 4.17. The smallest absolute Gasteiger partial charge is 0.227 e. The molecular formula is C22H25N5O. The summed E-state index contributed by atoms with van der Waals surface area (Å²) in [5.74, 6) is 2.46. The van der Waals surface area contributed by atoms with Crippen molar-refractivity contribution in [1.82, 2.24) is 9.97 Å². The summed E-state index contributed by atoms with van der Waals surface area (Å²) in [6, 6.07) is 18.4. The molecule has 1 fully saturated rings. The molecule has 0 radical (unpaired) electrons. The van der Waals surface area contributed by atoms with Crippen LogP contribution >= 0.6 is 0 Å². The molecule has 0 saturated carbocycles. The summed E-state index contributed by atoms with van der Waals surface area (Å²) >= 11 is 0. The molecule has 0 atom stereocenters. The average molecular weight is 375 g/mol. The summed E-state index contributed by atoms with van der Waals surface area (Å²) in [4.78, 5) is 13.8. The molecule has 2 heterocycles. The number of nitrogens with zero attached hydrogens (tertiary/aromatic N) is 4. The van der Waals surface area contributed by atoms with Crippen LogP contribution in [0, 0.1) is 6.92 Å². The van der Waals surface area contributed by atoms with Gasteiger partial charge in [-0.05, 0) is 49.4 Å². The zero-order valence-corrected chi connectivity index (χ0v) is 16.3. The molecule has 6 heteroatoms. The zero-order valence-electron chi connectivity index (χ0n) is 16.3. The number of nitrogens with one attached hydrogen (secondary N) is 1. The van der Waals surface area contributed by atoms with E-state index >= 15 is 0 Å². The Hall–Kier alpha value is -3.28. The van der Waals surface area contributed by atoms with Crippen molar-refractivity contribution in [2.24, 2.45) is 0 Å². The van der Waals surface area contributed by atoms with Crippen molar-refractivity contribution in [1.29, 1.82) is 0 Å². The van der Waals surface area contributed by atoms with Crippen molar-refractivity contribution in [3.63, 3.8) is 0 Å². The summed E-state index contributed by atoms with van der Waals surface area (Å²) in [5, 5.41) is 3.36. The van der Waals surface area contributed by atoms with E-state index in [9.17, 15) is 0 Å². The van der Waals surface area contributed by atoms with E-state index in [1.165, 1.54) is 11.3 Å². The number of methoxy groups -OCH3 is 1. The maximum absolute atomic E-state index is 5.24.